The molecule has 3 aliphatic rings. The largest absolute Gasteiger partial charge is 0.492 e. The summed E-state index contributed by atoms with van der Waals surface area (Å²) in [6.45, 7) is 4.02. The number of rotatable bonds is 6. The van der Waals surface area contributed by atoms with Crippen LogP contribution in [0.15, 0.2) is 36.7 Å². The number of carbonyl (C=O) groups excluding carboxylic acids is 1. The van der Waals surface area contributed by atoms with E-state index in [1.807, 2.05) is 6.07 Å². The standard InChI is InChI=1S/C28H29F2N5O3/c1-27(37)13-18(14-27)35-16-32-23-12-19(11-20(24(23)35)25(29)30)38-9-8-34-6-4-28(5-7-34)21-10-17(15-31)2-3-22(21)33-26(28)36/h2-3,10-12,16,18,25,37H,4-9,13-14H2,1H3,(H,33,36)/t18-,27+. The van der Waals surface area contributed by atoms with Gasteiger partial charge in [-0.25, -0.2) is 13.8 Å². The van der Waals surface area contributed by atoms with Crippen molar-refractivity contribution in [3.63, 3.8) is 0 Å². The van der Waals surface area contributed by atoms with Crippen LogP contribution in [0.4, 0.5) is 14.5 Å². The molecular weight excluding hydrogens is 492 g/mol. The van der Waals surface area contributed by atoms with Gasteiger partial charge in [-0.15, -0.1) is 0 Å². The Morgan fingerprint density at radius 3 is 2.71 bits per heavy atom. The molecule has 1 aromatic heterocycles. The Morgan fingerprint density at radius 2 is 2.03 bits per heavy atom. The average molecular weight is 522 g/mol. The number of likely N-dealkylation sites (tertiary alicyclic amines) is 1. The first-order valence-corrected chi connectivity index (χ1v) is 12.9. The first-order chi connectivity index (χ1) is 18.2. The number of halogens is 2. The van der Waals surface area contributed by atoms with Crippen molar-refractivity contribution in [2.75, 3.05) is 31.6 Å². The molecule has 2 aliphatic heterocycles. The number of nitriles is 1. The molecule has 2 aromatic carbocycles. The average Bonchev–Trinajstić information content (AvgIpc) is 3.41. The third kappa shape index (κ3) is 4.10. The highest BCUT2D eigenvalue weighted by molar-refractivity contribution is 6.06. The molecule has 2 fully saturated rings. The molecule has 1 spiro atoms. The molecule has 0 atom stereocenters. The summed E-state index contributed by atoms with van der Waals surface area (Å²) in [6.07, 6.45) is 1.16. The van der Waals surface area contributed by atoms with Gasteiger partial charge in [-0.3, -0.25) is 9.69 Å². The number of benzene rings is 2. The number of aliphatic hydroxyl groups is 1. The molecule has 1 saturated carbocycles. The lowest BCUT2D eigenvalue weighted by molar-refractivity contribution is -0.122. The van der Waals surface area contributed by atoms with Gasteiger partial charge >= 0.3 is 0 Å². The van der Waals surface area contributed by atoms with Crippen molar-refractivity contribution >= 4 is 22.6 Å². The molecule has 3 aromatic rings. The van der Waals surface area contributed by atoms with Gasteiger partial charge in [-0.1, -0.05) is 0 Å². The Kier molecular flexibility index (Phi) is 5.89. The fourth-order valence-corrected chi connectivity index (χ4v) is 6.29. The Morgan fingerprint density at radius 1 is 1.26 bits per heavy atom. The van der Waals surface area contributed by atoms with E-state index >= 15 is 0 Å². The Hall–Kier alpha value is -3.55. The number of hydrogen-bond acceptors (Lipinski definition) is 6. The van der Waals surface area contributed by atoms with E-state index in [4.69, 9.17) is 4.74 Å². The third-order valence-electron chi connectivity index (χ3n) is 8.38. The molecule has 6 rings (SSSR count). The summed E-state index contributed by atoms with van der Waals surface area (Å²) in [6, 6.07) is 10.5. The number of alkyl halides is 2. The summed E-state index contributed by atoms with van der Waals surface area (Å²) in [4.78, 5) is 19.4. The topological polar surface area (TPSA) is 103 Å². The van der Waals surface area contributed by atoms with E-state index in [2.05, 4.69) is 21.3 Å². The number of amides is 1. The minimum absolute atomic E-state index is 0.0173. The van der Waals surface area contributed by atoms with E-state index < -0.39 is 17.4 Å². The van der Waals surface area contributed by atoms with Crippen LogP contribution in [-0.4, -0.2) is 57.3 Å². The van der Waals surface area contributed by atoms with Gasteiger partial charge in [0.15, 0.2) is 0 Å². The number of piperidine rings is 1. The van der Waals surface area contributed by atoms with E-state index in [0.717, 1.165) is 11.3 Å². The van der Waals surface area contributed by atoms with E-state index in [1.165, 1.54) is 6.07 Å². The molecule has 3 heterocycles. The van der Waals surface area contributed by atoms with Crippen LogP contribution in [-0.2, 0) is 10.2 Å². The van der Waals surface area contributed by atoms with Crippen LogP contribution >= 0.6 is 0 Å². The van der Waals surface area contributed by atoms with Gasteiger partial charge in [0.05, 0.1) is 40.0 Å². The van der Waals surface area contributed by atoms with Crippen LogP contribution in [0, 0.1) is 11.3 Å². The van der Waals surface area contributed by atoms with Crippen LogP contribution < -0.4 is 10.1 Å². The molecule has 38 heavy (non-hydrogen) atoms. The fourth-order valence-electron chi connectivity index (χ4n) is 6.29. The molecule has 1 aliphatic carbocycles. The molecular formula is C28H29F2N5O3. The lowest BCUT2D eigenvalue weighted by Gasteiger charge is -2.41. The number of nitrogens with one attached hydrogen (secondary N) is 1. The number of nitrogens with zero attached hydrogens (tertiary/aromatic N) is 4. The number of aromatic nitrogens is 2. The second kappa shape index (κ2) is 9.03. The maximum atomic E-state index is 14.0. The summed E-state index contributed by atoms with van der Waals surface area (Å²) < 4.78 is 35.7. The van der Waals surface area contributed by atoms with Crippen molar-refractivity contribution in [3.8, 4) is 11.8 Å². The van der Waals surface area contributed by atoms with Gasteiger partial charge in [-0.05, 0) is 75.5 Å². The van der Waals surface area contributed by atoms with E-state index in [1.54, 1.807) is 36.0 Å². The molecule has 1 saturated heterocycles. The fraction of sp³-hybridized carbons (Fsp3) is 0.464. The SMILES string of the molecule is C[C@]1(O)C[C@@H](n2cnc3cc(OCCN4CCC5(CC4)C(=O)Nc4ccc(C#N)cc45)cc(C(F)F)c32)C1. The van der Waals surface area contributed by atoms with E-state index in [0.29, 0.717) is 74.3 Å². The molecule has 198 valence electrons. The van der Waals surface area contributed by atoms with Crippen LogP contribution in [0.25, 0.3) is 11.0 Å². The molecule has 0 radical (unpaired) electrons. The molecule has 8 nitrogen and oxygen atoms in total. The summed E-state index contributed by atoms with van der Waals surface area (Å²) in [5, 5.41) is 22.3. The maximum absolute atomic E-state index is 14.0. The molecule has 2 N–H and O–H groups in total. The van der Waals surface area contributed by atoms with Gasteiger partial charge in [0, 0.05) is 29.9 Å². The lowest BCUT2D eigenvalue weighted by Crippen LogP contribution is -2.47. The predicted octanol–water partition coefficient (Wildman–Crippen LogP) is 4.30. The van der Waals surface area contributed by atoms with Crippen molar-refractivity contribution in [1.82, 2.24) is 14.5 Å². The zero-order chi connectivity index (χ0) is 26.7. The lowest BCUT2D eigenvalue weighted by atomic mass is 9.73. The highest BCUT2D eigenvalue weighted by atomic mass is 19.3. The second-order valence-electron chi connectivity index (χ2n) is 11.0. The van der Waals surface area contributed by atoms with Crippen molar-refractivity contribution in [2.45, 2.75) is 56.1 Å². The van der Waals surface area contributed by atoms with Crippen molar-refractivity contribution < 1.29 is 23.4 Å². The number of imidazole rings is 1. The summed E-state index contributed by atoms with van der Waals surface area (Å²) >= 11 is 0. The summed E-state index contributed by atoms with van der Waals surface area (Å²) in [5.74, 6) is 0.330. The van der Waals surface area contributed by atoms with Crippen LogP contribution in [0.5, 0.6) is 5.75 Å². The monoisotopic (exact) mass is 521 g/mol. The Bertz CT molecular complexity index is 1440. The zero-order valence-corrected chi connectivity index (χ0v) is 21.1. The van der Waals surface area contributed by atoms with Gasteiger partial charge in [0.1, 0.15) is 12.4 Å². The minimum Gasteiger partial charge on any atom is -0.492 e. The number of ether oxygens (including phenoxy) is 1. The number of anilines is 1. The van der Waals surface area contributed by atoms with E-state index in [-0.39, 0.29) is 17.5 Å². The zero-order valence-electron chi connectivity index (χ0n) is 21.1. The normalized spacial score (nSPS) is 24.3. The third-order valence-corrected chi connectivity index (χ3v) is 8.38. The van der Waals surface area contributed by atoms with Crippen molar-refractivity contribution in [1.29, 1.82) is 5.26 Å². The predicted molar refractivity (Wildman–Crippen MR) is 136 cm³/mol. The minimum atomic E-state index is -2.68. The van der Waals surface area contributed by atoms with Gasteiger partial charge in [0.25, 0.3) is 6.43 Å². The van der Waals surface area contributed by atoms with Crippen LogP contribution in [0.1, 0.15) is 61.8 Å². The van der Waals surface area contributed by atoms with Gasteiger partial charge < -0.3 is 19.7 Å². The number of carbonyl (C=O) groups is 1. The first kappa shape index (κ1) is 24.8. The Labute approximate surface area is 218 Å². The highest BCUT2D eigenvalue weighted by Gasteiger charge is 2.48. The highest BCUT2D eigenvalue weighted by Crippen LogP contribution is 2.46. The Balaban J connectivity index is 1.11. The van der Waals surface area contributed by atoms with Gasteiger partial charge in [-0.2, -0.15) is 5.26 Å². The number of hydrogen-bond donors (Lipinski definition) is 2. The van der Waals surface area contributed by atoms with Crippen molar-refractivity contribution in [3.05, 3.63) is 53.3 Å². The molecule has 1 amide bonds. The van der Waals surface area contributed by atoms with Crippen LogP contribution in [0.2, 0.25) is 0 Å². The maximum Gasteiger partial charge on any atom is 0.266 e. The first-order valence-electron chi connectivity index (χ1n) is 12.9. The van der Waals surface area contributed by atoms with Crippen LogP contribution in [0.3, 0.4) is 0 Å². The summed E-state index contributed by atoms with van der Waals surface area (Å²) in [7, 11) is 0. The second-order valence-corrected chi connectivity index (χ2v) is 11.0. The quantitative estimate of drug-likeness (QED) is 0.502. The summed E-state index contributed by atoms with van der Waals surface area (Å²) in [5.41, 5.74) is 1.55. The van der Waals surface area contributed by atoms with E-state index in [9.17, 15) is 23.9 Å². The molecule has 10 heteroatoms. The molecule has 0 unspecified atom stereocenters. The van der Waals surface area contributed by atoms with Crippen molar-refractivity contribution in [2.24, 2.45) is 0 Å². The molecule has 0 bridgehead atoms. The van der Waals surface area contributed by atoms with Gasteiger partial charge in [0.2, 0.25) is 5.91 Å². The number of fused-ring (bicyclic) bond motifs is 3. The smallest absolute Gasteiger partial charge is 0.266 e.